The predicted molar refractivity (Wildman–Crippen MR) is 67.0 cm³/mol. The van der Waals surface area contributed by atoms with Crippen LogP contribution in [0.15, 0.2) is 53.6 Å². The number of hydrogen-bond acceptors (Lipinski definition) is 1. The molecule has 0 saturated carbocycles. The van der Waals surface area contributed by atoms with E-state index in [0.29, 0.717) is 17.6 Å². The van der Waals surface area contributed by atoms with Crippen molar-refractivity contribution in [1.29, 1.82) is 0 Å². The molecule has 0 fully saturated rings. The van der Waals surface area contributed by atoms with Crippen molar-refractivity contribution in [3.63, 3.8) is 0 Å². The molecule has 1 aromatic carbocycles. The SMILES string of the molecule is O=[C]C1=CC=CCC1=Cc1ccccc1C(F)(F)F. The fourth-order valence-electron chi connectivity index (χ4n) is 1.88. The standard InChI is InChI=1S/C15H10F3O/c16-15(17,18)14-8-4-3-6-12(14)9-11-5-1-2-7-13(11)10-19/h1-4,6-9H,5H2. The maximum atomic E-state index is 12.8. The maximum absolute atomic E-state index is 12.8. The predicted octanol–water partition coefficient (Wildman–Crippen LogP) is 4.08. The van der Waals surface area contributed by atoms with E-state index in [2.05, 4.69) is 0 Å². The number of carbonyl (C=O) groups excluding carboxylic acids is 1. The van der Waals surface area contributed by atoms with Crippen molar-refractivity contribution >= 4 is 12.4 Å². The van der Waals surface area contributed by atoms with Gasteiger partial charge in [-0.2, -0.15) is 13.2 Å². The minimum atomic E-state index is -4.41. The van der Waals surface area contributed by atoms with Gasteiger partial charge in [-0.3, -0.25) is 4.79 Å². The highest BCUT2D eigenvalue weighted by molar-refractivity contribution is 5.85. The molecule has 4 heteroatoms. The van der Waals surface area contributed by atoms with Crippen LogP contribution in [0.5, 0.6) is 0 Å². The molecule has 1 aromatic rings. The van der Waals surface area contributed by atoms with Gasteiger partial charge in [-0.15, -0.1) is 0 Å². The summed E-state index contributed by atoms with van der Waals surface area (Å²) in [6.07, 6.45) is 4.16. The number of allylic oxidation sites excluding steroid dienone is 5. The fraction of sp³-hybridized carbons (Fsp3) is 0.133. The largest absolute Gasteiger partial charge is 0.416 e. The second-order valence-electron chi connectivity index (χ2n) is 4.07. The van der Waals surface area contributed by atoms with Crippen LogP contribution in [0.25, 0.3) is 6.08 Å². The normalized spacial score (nSPS) is 17.4. The Hall–Kier alpha value is -2.10. The van der Waals surface area contributed by atoms with Gasteiger partial charge in [0.1, 0.15) is 0 Å². The van der Waals surface area contributed by atoms with Gasteiger partial charge in [-0.1, -0.05) is 42.5 Å². The van der Waals surface area contributed by atoms with Crippen LogP contribution in [0.2, 0.25) is 0 Å². The molecule has 1 radical (unpaired) electrons. The van der Waals surface area contributed by atoms with E-state index in [0.717, 1.165) is 6.07 Å². The molecule has 0 atom stereocenters. The summed E-state index contributed by atoms with van der Waals surface area (Å²) in [6, 6.07) is 5.29. The van der Waals surface area contributed by atoms with Crippen molar-refractivity contribution in [2.45, 2.75) is 12.6 Å². The molecule has 0 amide bonds. The average Bonchev–Trinajstić information content (AvgIpc) is 2.39. The van der Waals surface area contributed by atoms with E-state index in [1.165, 1.54) is 24.3 Å². The molecule has 0 N–H and O–H groups in total. The molecule has 0 saturated heterocycles. The van der Waals surface area contributed by atoms with Gasteiger partial charge in [-0.25, -0.2) is 0 Å². The summed E-state index contributed by atoms with van der Waals surface area (Å²) in [7, 11) is 0. The Bertz CT molecular complexity index is 577. The van der Waals surface area contributed by atoms with Crippen molar-refractivity contribution in [3.05, 3.63) is 64.8 Å². The molecule has 1 aliphatic carbocycles. The van der Waals surface area contributed by atoms with Crippen LogP contribution < -0.4 is 0 Å². The van der Waals surface area contributed by atoms with Crippen LogP contribution in [0.3, 0.4) is 0 Å². The lowest BCUT2D eigenvalue weighted by Crippen LogP contribution is -2.07. The lowest BCUT2D eigenvalue weighted by molar-refractivity contribution is -0.137. The third kappa shape index (κ3) is 3.02. The number of halogens is 3. The molecule has 0 unspecified atom stereocenters. The summed E-state index contributed by atoms with van der Waals surface area (Å²) >= 11 is 0. The number of hydrogen-bond donors (Lipinski definition) is 0. The van der Waals surface area contributed by atoms with Crippen molar-refractivity contribution < 1.29 is 18.0 Å². The Morgan fingerprint density at radius 2 is 1.95 bits per heavy atom. The molecule has 0 aromatic heterocycles. The monoisotopic (exact) mass is 263 g/mol. The summed E-state index contributed by atoms with van der Waals surface area (Å²) in [5.74, 6) is 0. The van der Waals surface area contributed by atoms with Gasteiger partial charge in [0, 0.05) is 5.57 Å². The third-order valence-electron chi connectivity index (χ3n) is 2.79. The Morgan fingerprint density at radius 1 is 1.21 bits per heavy atom. The van der Waals surface area contributed by atoms with Crippen LogP contribution in [-0.2, 0) is 11.0 Å². The smallest absolute Gasteiger partial charge is 0.285 e. The van der Waals surface area contributed by atoms with Gasteiger partial charge >= 0.3 is 6.18 Å². The molecule has 1 nitrogen and oxygen atoms in total. The van der Waals surface area contributed by atoms with Gasteiger partial charge in [0.15, 0.2) is 0 Å². The van der Waals surface area contributed by atoms with E-state index in [4.69, 9.17) is 0 Å². The summed E-state index contributed by atoms with van der Waals surface area (Å²) in [6.45, 7) is 0. The van der Waals surface area contributed by atoms with Crippen LogP contribution in [0, 0.1) is 0 Å². The van der Waals surface area contributed by atoms with Crippen molar-refractivity contribution in [3.8, 4) is 0 Å². The zero-order valence-electron chi connectivity index (χ0n) is 9.87. The molecular weight excluding hydrogens is 253 g/mol. The van der Waals surface area contributed by atoms with Crippen LogP contribution >= 0.6 is 0 Å². The van der Waals surface area contributed by atoms with Crippen molar-refractivity contribution in [2.75, 3.05) is 0 Å². The maximum Gasteiger partial charge on any atom is 0.416 e. The van der Waals surface area contributed by atoms with Gasteiger partial charge in [0.25, 0.3) is 0 Å². The van der Waals surface area contributed by atoms with Crippen molar-refractivity contribution in [2.24, 2.45) is 0 Å². The fourth-order valence-corrected chi connectivity index (χ4v) is 1.88. The average molecular weight is 263 g/mol. The lowest BCUT2D eigenvalue weighted by Gasteiger charge is -2.12. The first kappa shape index (κ1) is 13.3. The van der Waals surface area contributed by atoms with Crippen LogP contribution in [-0.4, -0.2) is 6.29 Å². The van der Waals surface area contributed by atoms with E-state index in [-0.39, 0.29) is 5.56 Å². The number of benzene rings is 1. The van der Waals surface area contributed by atoms with Gasteiger partial charge in [0.2, 0.25) is 6.29 Å². The Kier molecular flexibility index (Phi) is 3.69. The first-order chi connectivity index (χ1) is 9.02. The molecule has 19 heavy (non-hydrogen) atoms. The Morgan fingerprint density at radius 3 is 2.63 bits per heavy atom. The van der Waals surface area contributed by atoms with Gasteiger partial charge in [-0.05, 0) is 23.6 Å². The first-order valence-electron chi connectivity index (χ1n) is 5.64. The topological polar surface area (TPSA) is 17.1 Å². The second kappa shape index (κ2) is 5.26. The zero-order valence-corrected chi connectivity index (χ0v) is 9.87. The zero-order chi connectivity index (χ0) is 13.9. The lowest BCUT2D eigenvalue weighted by atomic mass is 9.95. The summed E-state index contributed by atoms with van der Waals surface area (Å²) in [5, 5.41) is 0. The Labute approximate surface area is 108 Å². The van der Waals surface area contributed by atoms with Gasteiger partial charge in [0.05, 0.1) is 5.56 Å². The molecule has 2 rings (SSSR count). The third-order valence-corrected chi connectivity index (χ3v) is 2.79. The van der Waals surface area contributed by atoms with E-state index < -0.39 is 11.7 Å². The van der Waals surface area contributed by atoms with Gasteiger partial charge < -0.3 is 0 Å². The highest BCUT2D eigenvalue weighted by Gasteiger charge is 2.32. The second-order valence-corrected chi connectivity index (χ2v) is 4.07. The molecule has 0 spiro atoms. The summed E-state index contributed by atoms with van der Waals surface area (Å²) in [4.78, 5) is 10.8. The summed E-state index contributed by atoms with van der Waals surface area (Å²) in [5.41, 5.74) is 0.178. The quantitative estimate of drug-likeness (QED) is 0.785. The van der Waals surface area contributed by atoms with Crippen molar-refractivity contribution in [1.82, 2.24) is 0 Å². The number of alkyl halides is 3. The molecule has 0 heterocycles. The minimum absolute atomic E-state index is 0.0569. The van der Waals surface area contributed by atoms with E-state index in [9.17, 15) is 18.0 Å². The number of rotatable bonds is 2. The van der Waals surface area contributed by atoms with E-state index in [1.54, 1.807) is 24.5 Å². The summed E-state index contributed by atoms with van der Waals surface area (Å²) < 4.78 is 38.5. The highest BCUT2D eigenvalue weighted by atomic mass is 19.4. The molecule has 97 valence electrons. The molecule has 0 aliphatic heterocycles. The minimum Gasteiger partial charge on any atom is -0.285 e. The van der Waals surface area contributed by atoms with E-state index >= 15 is 0 Å². The Balaban J connectivity index is 2.47. The molecular formula is C15H10F3O. The highest BCUT2D eigenvalue weighted by Crippen LogP contribution is 2.33. The first-order valence-corrected chi connectivity index (χ1v) is 5.64. The molecule has 0 bridgehead atoms. The van der Waals surface area contributed by atoms with Crippen LogP contribution in [0.4, 0.5) is 13.2 Å². The van der Waals surface area contributed by atoms with E-state index in [1.807, 2.05) is 0 Å². The van der Waals surface area contributed by atoms with Crippen LogP contribution in [0.1, 0.15) is 17.5 Å². The molecule has 1 aliphatic rings.